The van der Waals surface area contributed by atoms with E-state index < -0.39 is 5.97 Å². The predicted octanol–water partition coefficient (Wildman–Crippen LogP) is 3.02. The third kappa shape index (κ3) is 1.70. The number of aliphatic carboxylic acids is 1. The van der Waals surface area contributed by atoms with Crippen LogP contribution in [0.2, 0.25) is 5.02 Å². The van der Waals surface area contributed by atoms with Crippen LogP contribution < -0.4 is 0 Å². The number of fused-ring (bicyclic) bond motifs is 1. The molecule has 1 N–H and O–H groups in total. The molecule has 1 heterocycles. The van der Waals surface area contributed by atoms with Gasteiger partial charge in [-0.15, -0.1) is 0 Å². The molecule has 0 amide bonds. The van der Waals surface area contributed by atoms with Crippen LogP contribution in [0.3, 0.4) is 0 Å². The topological polar surface area (TPSA) is 50.4 Å². The van der Waals surface area contributed by atoms with Crippen LogP contribution in [0.5, 0.6) is 0 Å². The number of aryl methyl sites for hydroxylation is 1. The first-order valence-corrected chi connectivity index (χ1v) is 4.84. The zero-order chi connectivity index (χ0) is 11.0. The Bertz CT molecular complexity index is 528. The van der Waals surface area contributed by atoms with Crippen molar-refractivity contribution in [3.8, 4) is 0 Å². The van der Waals surface area contributed by atoms with Gasteiger partial charge in [-0.1, -0.05) is 23.7 Å². The van der Waals surface area contributed by atoms with E-state index in [1.54, 1.807) is 0 Å². The second-order valence-electron chi connectivity index (χ2n) is 3.40. The zero-order valence-corrected chi connectivity index (χ0v) is 8.84. The maximum atomic E-state index is 10.6. The van der Waals surface area contributed by atoms with Crippen LogP contribution in [0.1, 0.15) is 11.1 Å². The lowest BCUT2D eigenvalue weighted by Gasteiger charge is -1.98. The summed E-state index contributed by atoms with van der Waals surface area (Å²) in [5, 5.41) is 10.0. The van der Waals surface area contributed by atoms with Crippen molar-refractivity contribution < 1.29 is 14.3 Å². The van der Waals surface area contributed by atoms with Gasteiger partial charge in [0.1, 0.15) is 0 Å². The largest absolute Gasteiger partial charge is 0.481 e. The van der Waals surface area contributed by atoms with E-state index in [-0.39, 0.29) is 6.42 Å². The summed E-state index contributed by atoms with van der Waals surface area (Å²) in [6.07, 6.45) is 1.40. The van der Waals surface area contributed by atoms with Crippen molar-refractivity contribution in [1.82, 2.24) is 0 Å². The first kappa shape index (κ1) is 10.1. The molecule has 0 aliphatic heterocycles. The molecule has 0 atom stereocenters. The lowest BCUT2D eigenvalue weighted by Crippen LogP contribution is -1.98. The van der Waals surface area contributed by atoms with E-state index >= 15 is 0 Å². The van der Waals surface area contributed by atoms with Gasteiger partial charge >= 0.3 is 5.97 Å². The van der Waals surface area contributed by atoms with Crippen LogP contribution in [0, 0.1) is 6.92 Å². The van der Waals surface area contributed by atoms with E-state index in [1.807, 2.05) is 19.1 Å². The molecule has 0 saturated heterocycles. The highest BCUT2D eigenvalue weighted by atomic mass is 35.5. The molecule has 0 fully saturated rings. The Morgan fingerprint density at radius 1 is 1.53 bits per heavy atom. The van der Waals surface area contributed by atoms with Gasteiger partial charge in [-0.25, -0.2) is 0 Å². The molecule has 4 heteroatoms. The Hall–Kier alpha value is -1.48. The van der Waals surface area contributed by atoms with Crippen LogP contribution >= 0.6 is 11.6 Å². The molecule has 0 unspecified atom stereocenters. The Labute approximate surface area is 91.3 Å². The molecule has 0 saturated carbocycles. The third-order valence-electron chi connectivity index (χ3n) is 2.30. The van der Waals surface area contributed by atoms with Crippen LogP contribution in [0.25, 0.3) is 11.0 Å². The van der Waals surface area contributed by atoms with Crippen molar-refractivity contribution in [2.24, 2.45) is 0 Å². The van der Waals surface area contributed by atoms with E-state index in [2.05, 4.69) is 0 Å². The van der Waals surface area contributed by atoms with Crippen molar-refractivity contribution in [3.05, 3.63) is 34.5 Å². The molecule has 2 rings (SSSR count). The zero-order valence-electron chi connectivity index (χ0n) is 8.08. The monoisotopic (exact) mass is 224 g/mol. The van der Waals surface area contributed by atoms with Gasteiger partial charge in [-0.2, -0.15) is 0 Å². The summed E-state index contributed by atoms with van der Waals surface area (Å²) in [5.74, 6) is -0.880. The summed E-state index contributed by atoms with van der Waals surface area (Å²) in [5.41, 5.74) is 2.13. The van der Waals surface area contributed by atoms with E-state index in [0.717, 1.165) is 10.9 Å². The smallest absolute Gasteiger partial charge is 0.307 e. The number of hydrogen-bond donors (Lipinski definition) is 1. The van der Waals surface area contributed by atoms with Gasteiger partial charge in [0.2, 0.25) is 0 Å². The van der Waals surface area contributed by atoms with Crippen molar-refractivity contribution in [2.75, 3.05) is 0 Å². The van der Waals surface area contributed by atoms with Gasteiger partial charge in [0.15, 0.2) is 5.58 Å². The molecule has 2 aromatic rings. The standard InChI is InChI=1S/C11H9ClO3/c1-6-2-3-8-7(4-9(13)14)5-15-11(8)10(6)12/h2-3,5H,4H2,1H3,(H,13,14). The minimum absolute atomic E-state index is 0.0492. The molecule has 0 spiro atoms. The molecule has 0 aliphatic carbocycles. The fourth-order valence-electron chi connectivity index (χ4n) is 1.52. The van der Waals surface area contributed by atoms with E-state index in [1.165, 1.54) is 6.26 Å². The molecule has 15 heavy (non-hydrogen) atoms. The summed E-state index contributed by atoms with van der Waals surface area (Å²) in [6.45, 7) is 1.88. The van der Waals surface area contributed by atoms with E-state index in [0.29, 0.717) is 16.2 Å². The lowest BCUT2D eigenvalue weighted by molar-refractivity contribution is -0.136. The SMILES string of the molecule is Cc1ccc2c(CC(=O)O)coc2c1Cl. The van der Waals surface area contributed by atoms with Gasteiger partial charge in [0, 0.05) is 10.9 Å². The highest BCUT2D eigenvalue weighted by Crippen LogP contribution is 2.30. The lowest BCUT2D eigenvalue weighted by atomic mass is 10.1. The highest BCUT2D eigenvalue weighted by Gasteiger charge is 2.12. The maximum Gasteiger partial charge on any atom is 0.307 e. The quantitative estimate of drug-likeness (QED) is 0.853. The average Bonchev–Trinajstić information content (AvgIpc) is 2.55. The van der Waals surface area contributed by atoms with Gasteiger partial charge in [-0.3, -0.25) is 4.79 Å². The normalized spacial score (nSPS) is 10.8. The molecule has 78 valence electrons. The fourth-order valence-corrected chi connectivity index (χ4v) is 1.73. The fraction of sp³-hybridized carbons (Fsp3) is 0.182. The number of furan rings is 1. The number of hydrogen-bond acceptors (Lipinski definition) is 2. The van der Waals surface area contributed by atoms with Crippen LogP contribution in [0.15, 0.2) is 22.8 Å². The number of carboxylic acid groups (broad SMARTS) is 1. The van der Waals surface area contributed by atoms with Crippen molar-refractivity contribution in [3.63, 3.8) is 0 Å². The Morgan fingerprint density at radius 3 is 2.93 bits per heavy atom. The number of benzene rings is 1. The predicted molar refractivity (Wildman–Crippen MR) is 57.3 cm³/mol. The number of halogens is 1. The molecule has 3 nitrogen and oxygen atoms in total. The minimum atomic E-state index is -0.880. The van der Waals surface area contributed by atoms with Crippen LogP contribution in [-0.2, 0) is 11.2 Å². The van der Waals surface area contributed by atoms with Gasteiger partial charge < -0.3 is 9.52 Å². The highest BCUT2D eigenvalue weighted by molar-refractivity contribution is 6.35. The average molecular weight is 225 g/mol. The first-order valence-electron chi connectivity index (χ1n) is 4.46. The third-order valence-corrected chi connectivity index (χ3v) is 2.77. The van der Waals surface area contributed by atoms with Gasteiger partial charge in [-0.05, 0) is 12.5 Å². The summed E-state index contributed by atoms with van der Waals surface area (Å²) in [4.78, 5) is 10.6. The van der Waals surface area contributed by atoms with E-state index in [4.69, 9.17) is 21.1 Å². The second-order valence-corrected chi connectivity index (χ2v) is 3.78. The van der Waals surface area contributed by atoms with Crippen molar-refractivity contribution >= 4 is 28.5 Å². The van der Waals surface area contributed by atoms with Crippen LogP contribution in [0.4, 0.5) is 0 Å². The molecular formula is C11H9ClO3. The Balaban J connectivity index is 2.61. The summed E-state index contributed by atoms with van der Waals surface area (Å²) in [7, 11) is 0. The number of rotatable bonds is 2. The second kappa shape index (κ2) is 3.59. The maximum absolute atomic E-state index is 10.6. The molecule has 0 bridgehead atoms. The van der Waals surface area contributed by atoms with Gasteiger partial charge in [0.05, 0.1) is 17.7 Å². The molecule has 1 aromatic heterocycles. The molecule has 1 aromatic carbocycles. The molecule has 0 aliphatic rings. The van der Waals surface area contributed by atoms with Crippen molar-refractivity contribution in [1.29, 1.82) is 0 Å². The summed E-state index contributed by atoms with van der Waals surface area (Å²) in [6, 6.07) is 3.68. The number of carbonyl (C=O) groups is 1. The summed E-state index contributed by atoms with van der Waals surface area (Å²) < 4.78 is 5.27. The van der Waals surface area contributed by atoms with Crippen LogP contribution in [-0.4, -0.2) is 11.1 Å². The number of carboxylic acids is 1. The first-order chi connectivity index (χ1) is 7.09. The van der Waals surface area contributed by atoms with E-state index in [9.17, 15) is 4.79 Å². The Morgan fingerprint density at radius 2 is 2.27 bits per heavy atom. The molecule has 0 radical (unpaired) electrons. The van der Waals surface area contributed by atoms with Crippen molar-refractivity contribution in [2.45, 2.75) is 13.3 Å². The molecular weight excluding hydrogens is 216 g/mol. The minimum Gasteiger partial charge on any atom is -0.481 e. The Kier molecular flexibility index (Phi) is 2.40. The summed E-state index contributed by atoms with van der Waals surface area (Å²) >= 11 is 6.03. The van der Waals surface area contributed by atoms with Gasteiger partial charge in [0.25, 0.3) is 0 Å².